The Kier molecular flexibility index (Phi) is 7.98. The molecule has 0 aliphatic carbocycles. The summed E-state index contributed by atoms with van der Waals surface area (Å²) in [6, 6.07) is 0. The SMILES string of the molecule is BrCCCC1(OC2(CCCBr)CCCCO2)CCCCO1. The Morgan fingerprint density at radius 1 is 0.762 bits per heavy atom. The van der Waals surface area contributed by atoms with Crippen LogP contribution < -0.4 is 0 Å². The molecule has 0 bridgehead atoms. The van der Waals surface area contributed by atoms with Crippen molar-refractivity contribution in [2.24, 2.45) is 0 Å². The van der Waals surface area contributed by atoms with Crippen LogP contribution in [0.15, 0.2) is 0 Å². The molecule has 2 unspecified atom stereocenters. The monoisotopic (exact) mass is 426 g/mol. The van der Waals surface area contributed by atoms with Crippen LogP contribution in [-0.4, -0.2) is 35.4 Å². The molecule has 2 rings (SSSR count). The predicted molar refractivity (Wildman–Crippen MR) is 92.2 cm³/mol. The molecule has 0 N–H and O–H groups in total. The Hall–Kier alpha value is 0.840. The van der Waals surface area contributed by atoms with E-state index in [2.05, 4.69) is 31.9 Å². The van der Waals surface area contributed by atoms with Gasteiger partial charge in [0.25, 0.3) is 0 Å². The first-order valence-electron chi connectivity index (χ1n) is 8.34. The Balaban J connectivity index is 2.06. The molecule has 0 aromatic heterocycles. The molecule has 0 aromatic carbocycles. The summed E-state index contributed by atoms with van der Waals surface area (Å²) in [6.07, 6.45) is 10.7. The fraction of sp³-hybridized carbons (Fsp3) is 1.00. The lowest BCUT2D eigenvalue weighted by Crippen LogP contribution is -2.51. The zero-order valence-electron chi connectivity index (χ0n) is 12.9. The molecular formula is C16H28Br2O3. The Morgan fingerprint density at radius 3 is 1.57 bits per heavy atom. The van der Waals surface area contributed by atoms with Crippen LogP contribution in [0, 0.1) is 0 Å². The highest BCUT2D eigenvalue weighted by atomic mass is 79.9. The first-order valence-corrected chi connectivity index (χ1v) is 10.6. The van der Waals surface area contributed by atoms with Crippen molar-refractivity contribution in [3.63, 3.8) is 0 Å². The minimum Gasteiger partial charge on any atom is -0.350 e. The second kappa shape index (κ2) is 9.21. The minimum atomic E-state index is -0.421. The van der Waals surface area contributed by atoms with E-state index in [-0.39, 0.29) is 0 Å². The summed E-state index contributed by atoms with van der Waals surface area (Å²) in [5.74, 6) is -0.842. The number of hydrogen-bond acceptors (Lipinski definition) is 3. The Bertz CT molecular complexity index is 259. The molecule has 2 heterocycles. The van der Waals surface area contributed by atoms with Gasteiger partial charge in [0.1, 0.15) is 0 Å². The first-order chi connectivity index (χ1) is 10.2. The van der Waals surface area contributed by atoms with Gasteiger partial charge in [0.2, 0.25) is 0 Å². The van der Waals surface area contributed by atoms with Gasteiger partial charge in [-0.25, -0.2) is 0 Å². The maximum Gasteiger partial charge on any atom is 0.171 e. The summed E-state index contributed by atoms with van der Waals surface area (Å²) in [5.41, 5.74) is 0. The van der Waals surface area contributed by atoms with Crippen LogP contribution >= 0.6 is 31.9 Å². The van der Waals surface area contributed by atoms with E-state index in [0.29, 0.717) is 0 Å². The molecule has 5 heteroatoms. The molecule has 0 spiro atoms. The average Bonchev–Trinajstić information content (AvgIpc) is 2.53. The number of alkyl halides is 2. The lowest BCUT2D eigenvalue weighted by molar-refractivity contribution is -0.380. The van der Waals surface area contributed by atoms with Crippen molar-refractivity contribution in [3.8, 4) is 0 Å². The number of ether oxygens (including phenoxy) is 3. The van der Waals surface area contributed by atoms with E-state index >= 15 is 0 Å². The second-order valence-electron chi connectivity index (χ2n) is 6.12. The van der Waals surface area contributed by atoms with Gasteiger partial charge in [-0.1, -0.05) is 31.9 Å². The number of halogens is 2. The van der Waals surface area contributed by atoms with Gasteiger partial charge in [-0.15, -0.1) is 0 Å². The molecule has 2 atom stereocenters. The Labute approximate surface area is 145 Å². The van der Waals surface area contributed by atoms with Gasteiger partial charge in [-0.05, 0) is 38.5 Å². The van der Waals surface area contributed by atoms with E-state index in [4.69, 9.17) is 14.2 Å². The van der Waals surface area contributed by atoms with Crippen LogP contribution in [0.3, 0.4) is 0 Å². The molecule has 0 amide bonds. The van der Waals surface area contributed by atoms with Crippen molar-refractivity contribution in [1.82, 2.24) is 0 Å². The highest BCUT2D eigenvalue weighted by Gasteiger charge is 2.44. The summed E-state index contributed by atoms with van der Waals surface area (Å²) in [7, 11) is 0. The maximum absolute atomic E-state index is 6.63. The van der Waals surface area contributed by atoms with Gasteiger partial charge >= 0.3 is 0 Å². The molecule has 0 radical (unpaired) electrons. The summed E-state index contributed by atoms with van der Waals surface area (Å²) in [4.78, 5) is 0. The van der Waals surface area contributed by atoms with E-state index < -0.39 is 11.6 Å². The molecule has 2 fully saturated rings. The van der Waals surface area contributed by atoms with Crippen LogP contribution in [0.2, 0.25) is 0 Å². The number of hydrogen-bond donors (Lipinski definition) is 0. The highest BCUT2D eigenvalue weighted by Crippen LogP contribution is 2.41. The average molecular weight is 428 g/mol. The lowest BCUT2D eigenvalue weighted by Gasteiger charge is -2.47. The molecular weight excluding hydrogens is 400 g/mol. The van der Waals surface area contributed by atoms with E-state index in [0.717, 1.165) is 75.2 Å². The summed E-state index contributed by atoms with van der Waals surface area (Å²) < 4.78 is 18.9. The van der Waals surface area contributed by atoms with Crippen molar-refractivity contribution >= 4 is 31.9 Å². The molecule has 3 nitrogen and oxygen atoms in total. The molecule has 124 valence electrons. The minimum absolute atomic E-state index is 0.421. The third-order valence-corrected chi connectivity index (χ3v) is 5.51. The van der Waals surface area contributed by atoms with Crippen molar-refractivity contribution in [1.29, 1.82) is 0 Å². The van der Waals surface area contributed by atoms with Crippen molar-refractivity contribution < 1.29 is 14.2 Å². The van der Waals surface area contributed by atoms with E-state index in [1.165, 1.54) is 12.8 Å². The smallest absolute Gasteiger partial charge is 0.171 e. The zero-order chi connectivity index (χ0) is 15.0. The standard InChI is InChI=1S/C16H28Br2O3/c17-11-5-9-15(7-1-3-13-19-15)21-16(10-6-12-18)8-2-4-14-20-16/h1-14H2. The fourth-order valence-electron chi connectivity index (χ4n) is 3.32. The van der Waals surface area contributed by atoms with Crippen LogP contribution in [0.5, 0.6) is 0 Å². The normalized spacial score (nSPS) is 34.0. The van der Waals surface area contributed by atoms with Crippen LogP contribution in [0.25, 0.3) is 0 Å². The van der Waals surface area contributed by atoms with Gasteiger partial charge < -0.3 is 14.2 Å². The molecule has 2 saturated heterocycles. The largest absolute Gasteiger partial charge is 0.350 e. The summed E-state index contributed by atoms with van der Waals surface area (Å²) in [6.45, 7) is 1.63. The van der Waals surface area contributed by atoms with E-state index in [9.17, 15) is 0 Å². The van der Waals surface area contributed by atoms with Crippen LogP contribution in [0.4, 0.5) is 0 Å². The predicted octanol–water partition coefficient (Wildman–Crippen LogP) is 5.15. The Morgan fingerprint density at radius 2 is 1.24 bits per heavy atom. The van der Waals surface area contributed by atoms with Crippen molar-refractivity contribution in [3.05, 3.63) is 0 Å². The van der Waals surface area contributed by atoms with Crippen LogP contribution in [-0.2, 0) is 14.2 Å². The molecule has 0 saturated carbocycles. The zero-order valence-corrected chi connectivity index (χ0v) is 16.1. The quantitative estimate of drug-likeness (QED) is 0.501. The van der Waals surface area contributed by atoms with Gasteiger partial charge in [-0.3, -0.25) is 0 Å². The lowest BCUT2D eigenvalue weighted by atomic mass is 9.96. The van der Waals surface area contributed by atoms with Gasteiger partial charge in [0, 0.05) is 36.3 Å². The van der Waals surface area contributed by atoms with Crippen LogP contribution in [0.1, 0.15) is 64.2 Å². The number of rotatable bonds is 8. The maximum atomic E-state index is 6.63. The highest BCUT2D eigenvalue weighted by molar-refractivity contribution is 9.09. The summed E-state index contributed by atoms with van der Waals surface area (Å²) >= 11 is 7.06. The second-order valence-corrected chi connectivity index (χ2v) is 7.71. The van der Waals surface area contributed by atoms with Gasteiger partial charge in [-0.2, -0.15) is 0 Å². The molecule has 2 aliphatic heterocycles. The third-order valence-electron chi connectivity index (χ3n) is 4.39. The van der Waals surface area contributed by atoms with Crippen molar-refractivity contribution in [2.75, 3.05) is 23.9 Å². The molecule has 21 heavy (non-hydrogen) atoms. The van der Waals surface area contributed by atoms with Gasteiger partial charge in [0.15, 0.2) is 11.6 Å². The first kappa shape index (κ1) is 18.2. The molecule has 0 aromatic rings. The summed E-state index contributed by atoms with van der Waals surface area (Å²) in [5, 5.41) is 1.99. The topological polar surface area (TPSA) is 27.7 Å². The van der Waals surface area contributed by atoms with Crippen molar-refractivity contribution in [2.45, 2.75) is 75.8 Å². The fourth-order valence-corrected chi connectivity index (χ4v) is 3.88. The molecule has 2 aliphatic rings. The van der Waals surface area contributed by atoms with E-state index in [1.807, 2.05) is 0 Å². The third kappa shape index (κ3) is 5.45. The van der Waals surface area contributed by atoms with Gasteiger partial charge in [0.05, 0.1) is 13.2 Å². The van der Waals surface area contributed by atoms with E-state index in [1.54, 1.807) is 0 Å².